The number of carbonyl (C=O) groups is 1. The van der Waals surface area contributed by atoms with Crippen molar-refractivity contribution in [3.05, 3.63) is 35.4 Å². The predicted octanol–water partition coefficient (Wildman–Crippen LogP) is 2.30. The maximum Gasteiger partial charge on any atom is 0.335 e. The first-order valence-electron chi connectivity index (χ1n) is 7.35. The Kier molecular flexibility index (Phi) is 5.15. The van der Waals surface area contributed by atoms with Crippen LogP contribution in [0.2, 0.25) is 0 Å². The molecule has 0 aliphatic carbocycles. The molecule has 1 atom stereocenters. The van der Waals surface area contributed by atoms with E-state index in [-0.39, 0.29) is 0 Å². The Labute approximate surface area is 121 Å². The molecule has 20 heavy (non-hydrogen) atoms. The van der Waals surface area contributed by atoms with Crippen molar-refractivity contribution < 1.29 is 9.90 Å². The van der Waals surface area contributed by atoms with Gasteiger partial charge in [-0.2, -0.15) is 0 Å². The molecule has 4 nitrogen and oxygen atoms in total. The summed E-state index contributed by atoms with van der Waals surface area (Å²) < 4.78 is 0. The van der Waals surface area contributed by atoms with Gasteiger partial charge in [-0.05, 0) is 44.1 Å². The Balaban J connectivity index is 2.04. The predicted molar refractivity (Wildman–Crippen MR) is 80.0 cm³/mol. The summed E-state index contributed by atoms with van der Waals surface area (Å²) in [4.78, 5) is 15.8. The molecule has 1 unspecified atom stereocenters. The molecule has 1 saturated heterocycles. The fraction of sp³-hybridized carbons (Fsp3) is 0.562. The quantitative estimate of drug-likeness (QED) is 0.916. The van der Waals surface area contributed by atoms with Crippen LogP contribution in [0.4, 0.5) is 0 Å². The monoisotopic (exact) mass is 276 g/mol. The van der Waals surface area contributed by atoms with E-state index in [1.165, 1.54) is 12.0 Å². The second-order valence-corrected chi connectivity index (χ2v) is 5.65. The molecule has 1 aromatic carbocycles. The van der Waals surface area contributed by atoms with Crippen LogP contribution in [-0.4, -0.2) is 53.6 Å². The van der Waals surface area contributed by atoms with Crippen LogP contribution in [0.3, 0.4) is 0 Å². The van der Waals surface area contributed by atoms with E-state index in [0.717, 1.165) is 32.6 Å². The maximum absolute atomic E-state index is 10.9. The first kappa shape index (κ1) is 15.0. The number of rotatable bonds is 4. The minimum Gasteiger partial charge on any atom is -0.478 e. The largest absolute Gasteiger partial charge is 0.478 e. The molecular formula is C16H24N2O2. The highest BCUT2D eigenvalue weighted by atomic mass is 16.4. The fourth-order valence-electron chi connectivity index (χ4n) is 2.88. The molecular weight excluding hydrogens is 252 g/mol. The van der Waals surface area contributed by atoms with E-state index < -0.39 is 5.97 Å². The fourth-order valence-corrected chi connectivity index (χ4v) is 2.88. The molecule has 1 N–H and O–H groups in total. The number of benzene rings is 1. The molecule has 0 amide bonds. The van der Waals surface area contributed by atoms with E-state index >= 15 is 0 Å². The number of carboxylic acids is 1. The standard InChI is InChI=1S/C16H24N2O2/c1-3-15-12-17(2)9-4-10-18(15)11-13-5-7-14(8-6-13)16(19)20/h5-8,15H,3-4,9-12H2,1-2H3,(H,19,20). The average molecular weight is 276 g/mol. The highest BCUT2D eigenvalue weighted by Crippen LogP contribution is 2.16. The molecule has 4 heteroatoms. The van der Waals surface area contributed by atoms with Crippen LogP contribution < -0.4 is 0 Å². The molecule has 1 fully saturated rings. The number of likely N-dealkylation sites (N-methyl/N-ethyl adjacent to an activating group) is 1. The average Bonchev–Trinajstić information content (AvgIpc) is 2.61. The Bertz CT molecular complexity index is 444. The number of aromatic carboxylic acids is 1. The van der Waals surface area contributed by atoms with E-state index in [1.54, 1.807) is 12.1 Å². The summed E-state index contributed by atoms with van der Waals surface area (Å²) >= 11 is 0. The molecule has 0 aromatic heterocycles. The molecule has 1 aliphatic heterocycles. The Morgan fingerprint density at radius 1 is 1.30 bits per heavy atom. The molecule has 110 valence electrons. The van der Waals surface area contributed by atoms with Gasteiger partial charge in [0.05, 0.1) is 5.56 Å². The SMILES string of the molecule is CCC1CN(C)CCCN1Cc1ccc(C(=O)O)cc1. The van der Waals surface area contributed by atoms with E-state index in [2.05, 4.69) is 23.8 Å². The van der Waals surface area contributed by atoms with E-state index in [4.69, 9.17) is 5.11 Å². The minimum absolute atomic E-state index is 0.358. The van der Waals surface area contributed by atoms with Crippen molar-refractivity contribution in [2.75, 3.05) is 26.7 Å². The van der Waals surface area contributed by atoms with Crippen LogP contribution in [0.5, 0.6) is 0 Å². The van der Waals surface area contributed by atoms with E-state index in [1.807, 2.05) is 12.1 Å². The molecule has 0 saturated carbocycles. The van der Waals surface area contributed by atoms with Crippen LogP contribution in [-0.2, 0) is 6.54 Å². The Morgan fingerprint density at radius 2 is 2.00 bits per heavy atom. The Hall–Kier alpha value is -1.39. The first-order chi connectivity index (χ1) is 9.60. The van der Waals surface area contributed by atoms with Crippen LogP contribution in [0.25, 0.3) is 0 Å². The van der Waals surface area contributed by atoms with Crippen molar-refractivity contribution in [3.8, 4) is 0 Å². The smallest absolute Gasteiger partial charge is 0.335 e. The van der Waals surface area contributed by atoms with Crippen molar-refractivity contribution in [2.24, 2.45) is 0 Å². The molecule has 0 radical (unpaired) electrons. The zero-order valence-corrected chi connectivity index (χ0v) is 12.4. The van der Waals surface area contributed by atoms with Crippen molar-refractivity contribution in [2.45, 2.75) is 32.4 Å². The second-order valence-electron chi connectivity index (χ2n) is 5.65. The van der Waals surface area contributed by atoms with Crippen molar-refractivity contribution in [1.29, 1.82) is 0 Å². The van der Waals surface area contributed by atoms with Crippen LogP contribution in [0.1, 0.15) is 35.7 Å². The molecule has 0 spiro atoms. The van der Waals surface area contributed by atoms with E-state index in [0.29, 0.717) is 11.6 Å². The number of nitrogens with zero attached hydrogens (tertiary/aromatic N) is 2. The lowest BCUT2D eigenvalue weighted by molar-refractivity contribution is 0.0697. The summed E-state index contributed by atoms with van der Waals surface area (Å²) in [5, 5.41) is 8.93. The molecule has 1 heterocycles. The van der Waals surface area contributed by atoms with Gasteiger partial charge in [-0.3, -0.25) is 4.90 Å². The van der Waals surface area contributed by atoms with Crippen LogP contribution >= 0.6 is 0 Å². The topological polar surface area (TPSA) is 43.8 Å². The third kappa shape index (κ3) is 3.81. The highest BCUT2D eigenvalue weighted by Gasteiger charge is 2.21. The van der Waals surface area contributed by atoms with Crippen LogP contribution in [0, 0.1) is 0 Å². The molecule has 1 aliphatic rings. The van der Waals surface area contributed by atoms with Crippen molar-refractivity contribution in [1.82, 2.24) is 9.80 Å². The summed E-state index contributed by atoms with van der Waals surface area (Å²) in [6.45, 7) is 6.54. The van der Waals surface area contributed by atoms with Crippen molar-refractivity contribution in [3.63, 3.8) is 0 Å². The van der Waals surface area contributed by atoms with Gasteiger partial charge in [0.1, 0.15) is 0 Å². The lowest BCUT2D eigenvalue weighted by Gasteiger charge is -2.30. The lowest BCUT2D eigenvalue weighted by atomic mass is 10.1. The molecule has 0 bridgehead atoms. The zero-order valence-electron chi connectivity index (χ0n) is 12.4. The highest BCUT2D eigenvalue weighted by molar-refractivity contribution is 5.87. The summed E-state index contributed by atoms with van der Waals surface area (Å²) in [6.07, 6.45) is 2.34. The lowest BCUT2D eigenvalue weighted by Crippen LogP contribution is -2.39. The van der Waals surface area contributed by atoms with E-state index in [9.17, 15) is 4.79 Å². The van der Waals surface area contributed by atoms with Gasteiger partial charge in [-0.1, -0.05) is 19.1 Å². The van der Waals surface area contributed by atoms with Gasteiger partial charge in [-0.15, -0.1) is 0 Å². The van der Waals surface area contributed by atoms with Gasteiger partial charge < -0.3 is 10.0 Å². The van der Waals surface area contributed by atoms with Gasteiger partial charge in [0.25, 0.3) is 0 Å². The van der Waals surface area contributed by atoms with Crippen LogP contribution in [0.15, 0.2) is 24.3 Å². The normalized spacial score (nSPS) is 21.6. The number of hydrogen-bond acceptors (Lipinski definition) is 3. The number of hydrogen-bond donors (Lipinski definition) is 1. The van der Waals surface area contributed by atoms with Gasteiger partial charge in [0.2, 0.25) is 0 Å². The second kappa shape index (κ2) is 6.86. The first-order valence-corrected chi connectivity index (χ1v) is 7.35. The molecule has 2 rings (SSSR count). The summed E-state index contributed by atoms with van der Waals surface area (Å²) in [5.41, 5.74) is 1.55. The summed E-state index contributed by atoms with van der Waals surface area (Å²) in [7, 11) is 2.19. The minimum atomic E-state index is -0.862. The zero-order chi connectivity index (χ0) is 14.5. The van der Waals surface area contributed by atoms with Gasteiger partial charge in [0, 0.05) is 25.7 Å². The van der Waals surface area contributed by atoms with Gasteiger partial charge in [-0.25, -0.2) is 4.79 Å². The Morgan fingerprint density at radius 3 is 2.60 bits per heavy atom. The summed E-state index contributed by atoms with van der Waals surface area (Å²) in [6, 6.07) is 7.85. The van der Waals surface area contributed by atoms with Gasteiger partial charge in [0.15, 0.2) is 0 Å². The van der Waals surface area contributed by atoms with Crippen molar-refractivity contribution >= 4 is 5.97 Å². The van der Waals surface area contributed by atoms with Gasteiger partial charge >= 0.3 is 5.97 Å². The third-order valence-corrected chi connectivity index (χ3v) is 4.08. The number of carboxylic acid groups (broad SMARTS) is 1. The maximum atomic E-state index is 10.9. The third-order valence-electron chi connectivity index (χ3n) is 4.08. The molecule has 1 aromatic rings. The summed E-state index contributed by atoms with van der Waals surface area (Å²) in [5.74, 6) is -0.862.